The molecule has 1 aromatic heterocycles. The van der Waals surface area contributed by atoms with E-state index in [1.807, 2.05) is 38.1 Å². The Kier molecular flexibility index (Phi) is 5.65. The molecule has 8 nitrogen and oxygen atoms in total. The van der Waals surface area contributed by atoms with Gasteiger partial charge in [0.1, 0.15) is 11.6 Å². The average Bonchev–Trinajstić information content (AvgIpc) is 3.21. The number of nitrogens with one attached hydrogen (secondary N) is 2. The number of carbonyl (C=O) groups excluding carboxylic acids is 1. The van der Waals surface area contributed by atoms with Crippen LogP contribution in [0.25, 0.3) is 0 Å². The molecule has 0 saturated carbocycles. The number of benzene rings is 2. The van der Waals surface area contributed by atoms with Gasteiger partial charge in [0.15, 0.2) is 11.5 Å². The normalized spacial score (nSPS) is 11.8. The van der Waals surface area contributed by atoms with Crippen LogP contribution in [0.2, 0.25) is 0 Å². The lowest BCUT2D eigenvalue weighted by Crippen LogP contribution is -2.11. The Hall–Kier alpha value is -3.81. The van der Waals surface area contributed by atoms with E-state index in [9.17, 15) is 4.79 Å². The summed E-state index contributed by atoms with van der Waals surface area (Å²) in [7, 11) is 0. The van der Waals surface area contributed by atoms with Gasteiger partial charge in [-0.3, -0.25) is 4.79 Å². The summed E-state index contributed by atoms with van der Waals surface area (Å²) in [4.78, 5) is 21.2. The van der Waals surface area contributed by atoms with E-state index in [-0.39, 0.29) is 12.7 Å². The van der Waals surface area contributed by atoms with Gasteiger partial charge in [0, 0.05) is 23.0 Å². The maximum absolute atomic E-state index is 12.5. The molecule has 8 heteroatoms. The van der Waals surface area contributed by atoms with Gasteiger partial charge in [-0.25, -0.2) is 4.98 Å². The van der Waals surface area contributed by atoms with E-state index in [2.05, 4.69) is 20.6 Å². The minimum atomic E-state index is -0.224. The van der Waals surface area contributed by atoms with Gasteiger partial charge in [0.05, 0.1) is 6.61 Å². The lowest BCUT2D eigenvalue weighted by molar-refractivity contribution is 0.102. The van der Waals surface area contributed by atoms with Crippen LogP contribution in [0.5, 0.6) is 17.4 Å². The minimum Gasteiger partial charge on any atom is -0.478 e. The van der Waals surface area contributed by atoms with Gasteiger partial charge in [-0.15, -0.1) is 0 Å². The van der Waals surface area contributed by atoms with Crippen molar-refractivity contribution in [3.63, 3.8) is 0 Å². The van der Waals surface area contributed by atoms with Gasteiger partial charge in [0.2, 0.25) is 12.7 Å². The summed E-state index contributed by atoms with van der Waals surface area (Å²) in [5, 5.41) is 6.10. The summed E-state index contributed by atoms with van der Waals surface area (Å²) in [6.07, 6.45) is 0.908. The highest BCUT2D eigenvalue weighted by Crippen LogP contribution is 2.32. The van der Waals surface area contributed by atoms with Crippen LogP contribution < -0.4 is 24.8 Å². The van der Waals surface area contributed by atoms with Crippen LogP contribution in [0, 0.1) is 6.92 Å². The first-order chi connectivity index (χ1) is 14.6. The third-order valence-electron chi connectivity index (χ3n) is 4.32. The summed E-state index contributed by atoms with van der Waals surface area (Å²) in [6, 6.07) is 14.2. The number of hydrogen-bond acceptors (Lipinski definition) is 7. The highest BCUT2D eigenvalue weighted by atomic mass is 16.7. The predicted octanol–water partition coefficient (Wildman–Crippen LogP) is 4.30. The Morgan fingerprint density at radius 2 is 1.80 bits per heavy atom. The Bertz CT molecular complexity index is 1050. The standard InChI is InChI=1S/C22H22N4O4/c1-3-10-28-21-12-20(23-14(2)24-21)25-16-5-7-17(8-6-16)26-22(27)15-4-9-18-19(11-15)30-13-29-18/h4-9,11-12H,3,10,13H2,1-2H3,(H,26,27)(H,23,24,25). The molecular formula is C22H22N4O4. The molecule has 0 atom stereocenters. The third kappa shape index (κ3) is 4.60. The number of hydrogen-bond donors (Lipinski definition) is 2. The van der Waals surface area contributed by atoms with Crippen LogP contribution >= 0.6 is 0 Å². The second-order valence-electron chi connectivity index (χ2n) is 6.71. The van der Waals surface area contributed by atoms with Crippen molar-refractivity contribution >= 4 is 23.1 Å². The molecule has 0 radical (unpaired) electrons. The minimum absolute atomic E-state index is 0.174. The topological polar surface area (TPSA) is 94.6 Å². The molecule has 154 valence electrons. The highest BCUT2D eigenvalue weighted by molar-refractivity contribution is 6.04. The molecule has 1 aliphatic rings. The van der Waals surface area contributed by atoms with Crippen LogP contribution in [0.3, 0.4) is 0 Å². The van der Waals surface area contributed by atoms with Crippen molar-refractivity contribution in [1.82, 2.24) is 9.97 Å². The number of rotatable bonds is 7. The fourth-order valence-electron chi connectivity index (χ4n) is 2.91. The lowest BCUT2D eigenvalue weighted by Gasteiger charge is -2.10. The van der Waals surface area contributed by atoms with Crippen molar-refractivity contribution < 1.29 is 19.0 Å². The summed E-state index contributed by atoms with van der Waals surface area (Å²) < 4.78 is 16.2. The van der Waals surface area contributed by atoms with Crippen LogP contribution in [0.1, 0.15) is 29.5 Å². The molecule has 2 aromatic carbocycles. The van der Waals surface area contributed by atoms with Gasteiger partial charge in [0.25, 0.3) is 5.91 Å². The van der Waals surface area contributed by atoms with Crippen LogP contribution in [0.4, 0.5) is 17.2 Å². The van der Waals surface area contributed by atoms with E-state index in [1.54, 1.807) is 24.3 Å². The first-order valence-corrected chi connectivity index (χ1v) is 9.67. The van der Waals surface area contributed by atoms with E-state index in [1.165, 1.54) is 0 Å². The lowest BCUT2D eigenvalue weighted by atomic mass is 10.2. The number of nitrogens with zero attached hydrogens (tertiary/aromatic N) is 2. The van der Waals surface area contributed by atoms with Crippen molar-refractivity contribution in [2.24, 2.45) is 0 Å². The second-order valence-corrected chi connectivity index (χ2v) is 6.71. The zero-order chi connectivity index (χ0) is 20.9. The molecule has 0 fully saturated rings. The first-order valence-electron chi connectivity index (χ1n) is 9.67. The summed E-state index contributed by atoms with van der Waals surface area (Å²) in [5.74, 6) is 2.80. The Morgan fingerprint density at radius 3 is 2.60 bits per heavy atom. The largest absolute Gasteiger partial charge is 0.478 e. The monoisotopic (exact) mass is 406 g/mol. The molecular weight excluding hydrogens is 384 g/mol. The predicted molar refractivity (Wildman–Crippen MR) is 113 cm³/mol. The molecule has 0 spiro atoms. The van der Waals surface area contributed by atoms with Gasteiger partial charge >= 0.3 is 0 Å². The molecule has 30 heavy (non-hydrogen) atoms. The third-order valence-corrected chi connectivity index (χ3v) is 4.32. The molecule has 0 saturated heterocycles. The van der Waals surface area contributed by atoms with Crippen molar-refractivity contribution in [3.05, 3.63) is 59.9 Å². The number of carbonyl (C=O) groups is 1. The van der Waals surface area contributed by atoms with E-state index >= 15 is 0 Å². The Labute approximate surface area is 174 Å². The van der Waals surface area contributed by atoms with Gasteiger partial charge in [-0.1, -0.05) is 6.92 Å². The van der Waals surface area contributed by atoms with Gasteiger partial charge in [-0.05, 0) is 55.8 Å². The molecule has 4 rings (SSSR count). The highest BCUT2D eigenvalue weighted by Gasteiger charge is 2.16. The van der Waals surface area contributed by atoms with E-state index in [0.717, 1.165) is 12.1 Å². The number of amides is 1. The zero-order valence-electron chi connectivity index (χ0n) is 16.8. The Morgan fingerprint density at radius 1 is 1.03 bits per heavy atom. The van der Waals surface area contributed by atoms with E-state index in [0.29, 0.717) is 46.9 Å². The summed E-state index contributed by atoms with van der Waals surface area (Å²) in [6.45, 7) is 4.64. The SMILES string of the molecule is CCCOc1cc(Nc2ccc(NC(=O)c3ccc4c(c3)OCO4)cc2)nc(C)n1. The average molecular weight is 406 g/mol. The molecule has 0 aliphatic carbocycles. The molecule has 3 aromatic rings. The van der Waals surface area contributed by atoms with Crippen LogP contribution in [-0.2, 0) is 0 Å². The number of aryl methyl sites for hydroxylation is 1. The molecule has 1 aliphatic heterocycles. The molecule has 1 amide bonds. The van der Waals surface area contributed by atoms with Gasteiger partial charge in [-0.2, -0.15) is 4.98 Å². The molecule has 2 heterocycles. The smallest absolute Gasteiger partial charge is 0.255 e. The quantitative estimate of drug-likeness (QED) is 0.604. The Balaban J connectivity index is 1.40. The number of ether oxygens (including phenoxy) is 3. The maximum atomic E-state index is 12.5. The fourth-order valence-corrected chi connectivity index (χ4v) is 2.91. The van der Waals surface area contributed by atoms with Crippen molar-refractivity contribution in [2.75, 3.05) is 24.0 Å². The van der Waals surface area contributed by atoms with E-state index in [4.69, 9.17) is 14.2 Å². The molecule has 0 bridgehead atoms. The van der Waals surface area contributed by atoms with Crippen molar-refractivity contribution in [2.45, 2.75) is 20.3 Å². The van der Waals surface area contributed by atoms with Crippen molar-refractivity contribution in [3.8, 4) is 17.4 Å². The number of fused-ring (bicyclic) bond motifs is 1. The molecule has 0 unspecified atom stereocenters. The summed E-state index contributed by atoms with van der Waals surface area (Å²) >= 11 is 0. The maximum Gasteiger partial charge on any atom is 0.255 e. The van der Waals surface area contributed by atoms with Crippen LogP contribution in [-0.4, -0.2) is 29.3 Å². The number of aromatic nitrogens is 2. The second kappa shape index (κ2) is 8.69. The first kappa shape index (κ1) is 19.5. The zero-order valence-corrected chi connectivity index (χ0v) is 16.8. The fraction of sp³-hybridized carbons (Fsp3) is 0.227. The van der Waals surface area contributed by atoms with E-state index < -0.39 is 0 Å². The number of anilines is 3. The van der Waals surface area contributed by atoms with Gasteiger partial charge < -0.3 is 24.8 Å². The van der Waals surface area contributed by atoms with Crippen molar-refractivity contribution in [1.29, 1.82) is 0 Å². The molecule has 2 N–H and O–H groups in total. The van der Waals surface area contributed by atoms with Crippen LogP contribution in [0.15, 0.2) is 48.5 Å². The summed E-state index contributed by atoms with van der Waals surface area (Å²) in [5.41, 5.74) is 2.00.